The van der Waals surface area contributed by atoms with Crippen LogP contribution in [0, 0.1) is 13.8 Å². The minimum absolute atomic E-state index is 0.0122. The molecule has 1 amide bonds. The van der Waals surface area contributed by atoms with E-state index in [0.29, 0.717) is 11.6 Å². The molecule has 100 valence electrons. The summed E-state index contributed by atoms with van der Waals surface area (Å²) in [7, 11) is 1.92. The van der Waals surface area contributed by atoms with E-state index < -0.39 is 0 Å². The molecule has 1 aliphatic rings. The predicted octanol–water partition coefficient (Wildman–Crippen LogP) is 1.53. The summed E-state index contributed by atoms with van der Waals surface area (Å²) in [5.41, 5.74) is 4.28. The van der Waals surface area contributed by atoms with E-state index in [1.54, 1.807) is 11.8 Å². The molecule has 7 heteroatoms. The van der Waals surface area contributed by atoms with Gasteiger partial charge in [-0.05, 0) is 13.8 Å². The molecule has 0 aromatic carbocycles. The normalized spacial score (nSPS) is 18.9. The third-order valence-electron chi connectivity index (χ3n) is 3.45. The Morgan fingerprint density at radius 1 is 1.47 bits per heavy atom. The van der Waals surface area contributed by atoms with Crippen LogP contribution in [0.15, 0.2) is 6.20 Å². The van der Waals surface area contributed by atoms with Crippen molar-refractivity contribution in [2.75, 3.05) is 11.1 Å². The number of hydrogen-bond donors (Lipinski definition) is 2. The van der Waals surface area contributed by atoms with E-state index in [-0.39, 0.29) is 11.2 Å². The summed E-state index contributed by atoms with van der Waals surface area (Å²) in [6.45, 7) is 4.01. The van der Waals surface area contributed by atoms with Crippen LogP contribution in [0.1, 0.15) is 27.8 Å². The molecule has 1 aliphatic heterocycles. The number of aryl methyl sites for hydroxylation is 2. The topological polar surface area (TPSA) is 75.6 Å². The van der Waals surface area contributed by atoms with E-state index in [1.165, 1.54) is 0 Å². The lowest BCUT2D eigenvalue weighted by Crippen LogP contribution is -2.12. The lowest BCUT2D eigenvalue weighted by atomic mass is 10.1. The second-order valence-electron chi connectivity index (χ2n) is 4.66. The monoisotopic (exact) mass is 277 g/mol. The van der Waals surface area contributed by atoms with Crippen LogP contribution in [-0.2, 0) is 11.8 Å². The van der Waals surface area contributed by atoms with Crippen molar-refractivity contribution in [2.24, 2.45) is 7.05 Å². The highest BCUT2D eigenvalue weighted by Gasteiger charge is 2.30. The Hall–Kier alpha value is -1.76. The maximum absolute atomic E-state index is 11.7. The molecule has 1 atom stereocenters. The van der Waals surface area contributed by atoms with Crippen LogP contribution in [0.3, 0.4) is 0 Å². The highest BCUT2D eigenvalue weighted by atomic mass is 32.2. The molecule has 0 radical (unpaired) electrons. The van der Waals surface area contributed by atoms with Crippen LogP contribution in [0.2, 0.25) is 0 Å². The third kappa shape index (κ3) is 1.94. The second kappa shape index (κ2) is 4.41. The number of H-pyrrole nitrogens is 1. The Bertz CT molecular complexity index is 645. The standard InChI is InChI=1S/C12H15N5OS/c1-6-10-11(8-4-13-17(3)7(8)2)19-5-9(18)14-12(10)16-15-6/h4,11H,5H2,1-3H3,(H2,14,15,16,18)/t11-/m0/s1. The van der Waals surface area contributed by atoms with Gasteiger partial charge < -0.3 is 5.32 Å². The molecule has 2 N–H and O–H groups in total. The molecule has 0 saturated carbocycles. The van der Waals surface area contributed by atoms with Gasteiger partial charge in [-0.1, -0.05) is 0 Å². The number of aromatic amines is 1. The molecule has 3 heterocycles. The molecule has 19 heavy (non-hydrogen) atoms. The zero-order valence-corrected chi connectivity index (χ0v) is 11.8. The lowest BCUT2D eigenvalue weighted by Gasteiger charge is -2.14. The maximum atomic E-state index is 11.7. The van der Waals surface area contributed by atoms with Crippen molar-refractivity contribution in [3.63, 3.8) is 0 Å². The zero-order valence-electron chi connectivity index (χ0n) is 11.0. The molecule has 0 fully saturated rings. The Balaban J connectivity index is 2.13. The van der Waals surface area contributed by atoms with E-state index in [1.807, 2.05) is 31.8 Å². The van der Waals surface area contributed by atoms with Crippen LogP contribution < -0.4 is 5.32 Å². The fraction of sp³-hybridized carbons (Fsp3) is 0.417. The van der Waals surface area contributed by atoms with Gasteiger partial charge in [0, 0.05) is 29.6 Å². The molecule has 2 aromatic rings. The molecule has 0 unspecified atom stereocenters. The third-order valence-corrected chi connectivity index (χ3v) is 4.70. The van der Waals surface area contributed by atoms with Gasteiger partial charge in [-0.2, -0.15) is 10.2 Å². The Morgan fingerprint density at radius 2 is 2.26 bits per heavy atom. The van der Waals surface area contributed by atoms with Gasteiger partial charge >= 0.3 is 0 Å². The summed E-state index contributed by atoms with van der Waals surface area (Å²) in [4.78, 5) is 11.7. The first-order valence-electron chi connectivity index (χ1n) is 6.02. The number of nitrogens with zero attached hydrogens (tertiary/aromatic N) is 3. The number of rotatable bonds is 1. The number of hydrogen-bond acceptors (Lipinski definition) is 4. The molecule has 0 aliphatic carbocycles. The van der Waals surface area contributed by atoms with Crippen molar-refractivity contribution in [2.45, 2.75) is 19.1 Å². The number of anilines is 1. The minimum Gasteiger partial charge on any atom is -0.308 e. The highest BCUT2D eigenvalue weighted by Crippen LogP contribution is 2.42. The molecular formula is C12H15N5OS. The molecular weight excluding hydrogens is 262 g/mol. The fourth-order valence-electron chi connectivity index (χ4n) is 2.28. The first-order valence-corrected chi connectivity index (χ1v) is 7.07. The summed E-state index contributed by atoms with van der Waals surface area (Å²) >= 11 is 1.61. The minimum atomic E-state index is -0.0122. The average molecular weight is 277 g/mol. The number of aromatic nitrogens is 4. The molecule has 0 spiro atoms. The summed E-state index contributed by atoms with van der Waals surface area (Å²) in [5.74, 6) is 1.05. The van der Waals surface area contributed by atoms with Gasteiger partial charge in [-0.25, -0.2) is 0 Å². The van der Waals surface area contributed by atoms with Crippen molar-refractivity contribution in [1.82, 2.24) is 20.0 Å². The first-order chi connectivity index (χ1) is 9.08. The lowest BCUT2D eigenvalue weighted by molar-refractivity contribution is -0.113. The van der Waals surface area contributed by atoms with Crippen molar-refractivity contribution in [1.29, 1.82) is 0 Å². The number of carbonyl (C=O) groups is 1. The smallest absolute Gasteiger partial charge is 0.235 e. The number of fused-ring (bicyclic) bond motifs is 1. The van der Waals surface area contributed by atoms with E-state index in [4.69, 9.17) is 0 Å². The summed E-state index contributed by atoms with van der Waals surface area (Å²) in [5, 5.41) is 14.3. The van der Waals surface area contributed by atoms with E-state index in [0.717, 1.165) is 22.5 Å². The van der Waals surface area contributed by atoms with Gasteiger partial charge in [0.15, 0.2) is 5.82 Å². The molecule has 6 nitrogen and oxygen atoms in total. The SMILES string of the molecule is Cc1[nH]nc2c1[C@H](c1cnn(C)c1C)SCC(=O)N2. The molecule has 0 saturated heterocycles. The number of carbonyl (C=O) groups excluding carboxylic acids is 1. The Kier molecular flexibility index (Phi) is 2.85. The van der Waals surface area contributed by atoms with Crippen molar-refractivity contribution < 1.29 is 4.79 Å². The van der Waals surface area contributed by atoms with Crippen molar-refractivity contribution in [3.05, 3.63) is 28.7 Å². The van der Waals surface area contributed by atoms with Gasteiger partial charge in [0.05, 0.1) is 17.2 Å². The zero-order chi connectivity index (χ0) is 13.6. The van der Waals surface area contributed by atoms with Gasteiger partial charge in [-0.3, -0.25) is 14.6 Å². The molecule has 2 aromatic heterocycles. The van der Waals surface area contributed by atoms with Crippen LogP contribution >= 0.6 is 11.8 Å². The number of nitrogens with one attached hydrogen (secondary N) is 2. The average Bonchev–Trinajstić information content (AvgIpc) is 2.82. The van der Waals surface area contributed by atoms with Crippen molar-refractivity contribution in [3.8, 4) is 0 Å². The van der Waals surface area contributed by atoms with Crippen LogP contribution in [0.25, 0.3) is 0 Å². The van der Waals surface area contributed by atoms with Crippen LogP contribution in [0.5, 0.6) is 0 Å². The largest absolute Gasteiger partial charge is 0.308 e. The number of amides is 1. The quantitative estimate of drug-likeness (QED) is 0.829. The Morgan fingerprint density at radius 3 is 2.95 bits per heavy atom. The Labute approximate surface area is 115 Å². The van der Waals surface area contributed by atoms with E-state index in [2.05, 4.69) is 20.6 Å². The fourth-order valence-corrected chi connectivity index (χ4v) is 3.54. The van der Waals surface area contributed by atoms with E-state index >= 15 is 0 Å². The maximum Gasteiger partial charge on any atom is 0.235 e. The van der Waals surface area contributed by atoms with E-state index in [9.17, 15) is 4.79 Å². The van der Waals surface area contributed by atoms with Gasteiger partial charge in [-0.15, -0.1) is 11.8 Å². The number of thioether (sulfide) groups is 1. The van der Waals surface area contributed by atoms with Crippen LogP contribution in [-0.4, -0.2) is 31.6 Å². The van der Waals surface area contributed by atoms with Crippen LogP contribution in [0.4, 0.5) is 5.82 Å². The van der Waals surface area contributed by atoms with Crippen molar-refractivity contribution >= 4 is 23.5 Å². The molecule has 0 bridgehead atoms. The predicted molar refractivity (Wildman–Crippen MR) is 74.2 cm³/mol. The summed E-state index contributed by atoms with van der Waals surface area (Å²) in [6, 6.07) is 0. The van der Waals surface area contributed by atoms with Gasteiger partial charge in [0.2, 0.25) is 5.91 Å². The summed E-state index contributed by atoms with van der Waals surface area (Å²) < 4.78 is 1.85. The highest BCUT2D eigenvalue weighted by molar-refractivity contribution is 8.00. The summed E-state index contributed by atoms with van der Waals surface area (Å²) in [6.07, 6.45) is 1.87. The van der Waals surface area contributed by atoms with Gasteiger partial charge in [0.1, 0.15) is 0 Å². The molecule has 3 rings (SSSR count). The second-order valence-corrected chi connectivity index (χ2v) is 5.75. The first kappa shape index (κ1) is 12.3. The van der Waals surface area contributed by atoms with Gasteiger partial charge in [0.25, 0.3) is 0 Å².